The molecule has 3 aliphatic heterocycles. The number of nitrogens with one attached hydrogen (secondary N) is 1. The molecule has 3 aliphatic rings. The number of aliphatic hydroxyl groups is 1. The van der Waals surface area contributed by atoms with Crippen molar-refractivity contribution < 1.29 is 42.8 Å². The van der Waals surface area contributed by atoms with Crippen LogP contribution in [-0.4, -0.2) is 77.6 Å². The van der Waals surface area contributed by atoms with Crippen LogP contribution in [0.2, 0.25) is 0 Å². The molecule has 1 amide bonds. The average Bonchev–Trinajstić information content (AvgIpc) is 3.78. The van der Waals surface area contributed by atoms with Crippen LogP contribution in [0, 0.1) is 18.7 Å². The fourth-order valence-electron chi connectivity index (χ4n) is 6.32. The van der Waals surface area contributed by atoms with Gasteiger partial charge in [0.1, 0.15) is 35.5 Å². The summed E-state index contributed by atoms with van der Waals surface area (Å²) in [6.45, 7) is 11.2. The van der Waals surface area contributed by atoms with Crippen molar-refractivity contribution in [2.45, 2.75) is 128 Å². The van der Waals surface area contributed by atoms with E-state index in [0.717, 1.165) is 17.6 Å². The van der Waals surface area contributed by atoms with Crippen LogP contribution < -0.4 is 5.32 Å². The Hall–Kier alpha value is -3.18. The van der Waals surface area contributed by atoms with Crippen LogP contribution in [0.1, 0.15) is 77.8 Å². The van der Waals surface area contributed by atoms with E-state index < -0.39 is 29.9 Å². The molecule has 0 aliphatic carbocycles. The number of aryl methyl sites for hydroxylation is 2. The molecule has 47 heavy (non-hydrogen) atoms. The molecule has 1 aromatic carbocycles. The molecule has 9 atom stereocenters. The Bertz CT molecular complexity index is 1370. The van der Waals surface area contributed by atoms with Crippen LogP contribution in [-0.2, 0) is 39.8 Å². The molecule has 3 saturated heterocycles. The monoisotopic (exact) mass is 655 g/mol. The van der Waals surface area contributed by atoms with Gasteiger partial charge < -0.3 is 29.4 Å². The van der Waals surface area contributed by atoms with Crippen LogP contribution in [0.25, 0.3) is 0 Å². The second-order valence-electron chi connectivity index (χ2n) is 13.5. The molecule has 1 aromatic rings. The Morgan fingerprint density at radius 1 is 1.19 bits per heavy atom. The van der Waals surface area contributed by atoms with E-state index in [2.05, 4.69) is 18.3 Å². The van der Waals surface area contributed by atoms with Crippen molar-refractivity contribution in [2.24, 2.45) is 5.92 Å². The van der Waals surface area contributed by atoms with Gasteiger partial charge in [-0.1, -0.05) is 42.9 Å². The number of carbonyl (C=O) groups excluding carboxylic acids is 3. The average molecular weight is 656 g/mol. The van der Waals surface area contributed by atoms with Crippen molar-refractivity contribution in [3.8, 4) is 0 Å². The molecule has 2 N–H and O–H groups in total. The Kier molecular flexibility index (Phi) is 12.7. The van der Waals surface area contributed by atoms with Gasteiger partial charge in [0.2, 0.25) is 5.91 Å². The van der Waals surface area contributed by atoms with Gasteiger partial charge in [-0.2, -0.15) is 0 Å². The third-order valence-electron chi connectivity index (χ3n) is 9.31. The number of allylic oxidation sites excluding steroid dienone is 2. The molecule has 10 heteroatoms. The fraction of sp³-hybridized carbons (Fsp3) is 0.595. The van der Waals surface area contributed by atoms with Crippen LogP contribution in [0.4, 0.5) is 4.39 Å². The molecule has 4 rings (SSSR count). The first-order valence-electron chi connectivity index (χ1n) is 16.6. The minimum Gasteiger partial charge on any atom is -0.459 e. The number of amides is 1. The smallest absolute Gasteiger partial charge is 0.303 e. The van der Waals surface area contributed by atoms with E-state index in [4.69, 9.17) is 18.9 Å². The van der Waals surface area contributed by atoms with Gasteiger partial charge in [-0.25, -0.2) is 4.39 Å². The van der Waals surface area contributed by atoms with E-state index in [0.29, 0.717) is 37.9 Å². The predicted molar refractivity (Wildman–Crippen MR) is 175 cm³/mol. The number of hydrogen-bond donors (Lipinski definition) is 2. The molecule has 0 aromatic heterocycles. The normalized spacial score (nSPS) is 31.7. The first-order valence-corrected chi connectivity index (χ1v) is 16.6. The van der Waals surface area contributed by atoms with Gasteiger partial charge in [0.15, 0.2) is 0 Å². The molecular formula is C37H50FNO8. The van der Waals surface area contributed by atoms with E-state index in [1.165, 1.54) is 19.1 Å². The van der Waals surface area contributed by atoms with Gasteiger partial charge in [0.25, 0.3) is 0 Å². The maximum Gasteiger partial charge on any atom is 0.303 e. The zero-order valence-electron chi connectivity index (χ0n) is 28.4. The van der Waals surface area contributed by atoms with E-state index in [9.17, 15) is 23.9 Å². The zero-order chi connectivity index (χ0) is 34.3. The van der Waals surface area contributed by atoms with E-state index in [1.54, 1.807) is 26.0 Å². The summed E-state index contributed by atoms with van der Waals surface area (Å²) in [6, 6.07) is 4.91. The predicted octanol–water partition coefficient (Wildman–Crippen LogP) is 5.01. The summed E-state index contributed by atoms with van der Waals surface area (Å²) in [7, 11) is 0. The molecule has 0 bridgehead atoms. The van der Waals surface area contributed by atoms with Gasteiger partial charge in [-0.3, -0.25) is 14.4 Å². The number of esters is 1. The van der Waals surface area contributed by atoms with Crippen molar-refractivity contribution in [1.29, 1.82) is 0 Å². The van der Waals surface area contributed by atoms with Crippen LogP contribution in [0.3, 0.4) is 0 Å². The third-order valence-corrected chi connectivity index (χ3v) is 9.31. The first kappa shape index (κ1) is 36.7. The number of ether oxygens (including phenoxy) is 4. The van der Waals surface area contributed by atoms with Crippen molar-refractivity contribution in [2.75, 3.05) is 6.61 Å². The Balaban J connectivity index is 1.25. The molecule has 0 radical (unpaired) electrons. The van der Waals surface area contributed by atoms with Gasteiger partial charge >= 0.3 is 5.97 Å². The van der Waals surface area contributed by atoms with Crippen molar-refractivity contribution in [3.05, 3.63) is 71.1 Å². The van der Waals surface area contributed by atoms with E-state index in [1.807, 2.05) is 32.1 Å². The maximum absolute atomic E-state index is 13.9. The lowest BCUT2D eigenvalue weighted by atomic mass is 9.86. The highest BCUT2D eigenvalue weighted by Crippen LogP contribution is 2.43. The molecular weight excluding hydrogens is 605 g/mol. The Labute approximate surface area is 277 Å². The number of hydrogen-bond acceptors (Lipinski definition) is 8. The highest BCUT2D eigenvalue weighted by molar-refractivity contribution is 5.87. The van der Waals surface area contributed by atoms with E-state index >= 15 is 0 Å². The summed E-state index contributed by atoms with van der Waals surface area (Å²) in [5.41, 5.74) is 1.67. The molecule has 0 unspecified atom stereocenters. The second kappa shape index (κ2) is 16.3. The molecule has 1 spiro atoms. The van der Waals surface area contributed by atoms with Gasteiger partial charge in [0.05, 0.1) is 31.0 Å². The topological polar surface area (TPSA) is 124 Å². The molecule has 3 heterocycles. The molecule has 0 saturated carbocycles. The molecule has 9 nitrogen and oxygen atoms in total. The minimum absolute atomic E-state index is 0.0208. The molecule has 3 fully saturated rings. The third kappa shape index (κ3) is 10.7. The highest BCUT2D eigenvalue weighted by Gasteiger charge is 2.58. The van der Waals surface area contributed by atoms with Crippen LogP contribution >= 0.6 is 0 Å². The number of benzene rings is 1. The largest absolute Gasteiger partial charge is 0.459 e. The lowest BCUT2D eigenvalue weighted by molar-refractivity contribution is -0.144. The minimum atomic E-state index is -0.831. The first-order chi connectivity index (χ1) is 22.2. The number of aliphatic hydroxyl groups excluding tert-OH is 1. The van der Waals surface area contributed by atoms with Crippen molar-refractivity contribution >= 4 is 17.7 Å². The number of epoxide rings is 1. The summed E-state index contributed by atoms with van der Waals surface area (Å²) >= 11 is 0. The molecule has 258 valence electrons. The van der Waals surface area contributed by atoms with Gasteiger partial charge in [-0.15, -0.1) is 0 Å². The second-order valence-corrected chi connectivity index (χ2v) is 13.5. The summed E-state index contributed by atoms with van der Waals surface area (Å²) in [5, 5.41) is 14.0. The van der Waals surface area contributed by atoms with Crippen LogP contribution in [0.5, 0.6) is 0 Å². The van der Waals surface area contributed by atoms with E-state index in [-0.39, 0.29) is 54.2 Å². The Morgan fingerprint density at radius 3 is 2.62 bits per heavy atom. The van der Waals surface area contributed by atoms with Crippen LogP contribution in [0.15, 0.2) is 54.2 Å². The lowest BCUT2D eigenvalue weighted by Crippen LogP contribution is -2.50. The number of halogens is 1. The lowest BCUT2D eigenvalue weighted by Gasteiger charge is -2.39. The number of Topliss-reactive ketones (excluding diaryl/α,β-unsaturated/α-hetero) is 1. The quantitative estimate of drug-likeness (QED) is 0.132. The number of rotatable bonds is 13. The standard InChI is InChI=1S/C37H50FNO8/c1-22(7-14-33-24(3)17-32(26(5)46-33)39-35(42)16-10-25(4)45-27(6)40)8-15-34-36(43)37(21-44-37)20-30(47-34)19-29(41)13-12-28-11-9-23(2)31(38)18-28/h7-11,15-16,18,24-26,30,32-34,36,43H,12-14,17,19-21H2,1-6H3,(H,39,42)/b15-8+,16-10-,22-7+/t24-,25-,26+,30+,32+,33-,34+,36+,37+/m0/s1. The summed E-state index contributed by atoms with van der Waals surface area (Å²) < 4.78 is 37.1. The highest BCUT2D eigenvalue weighted by atomic mass is 19.1. The fourth-order valence-corrected chi connectivity index (χ4v) is 6.32. The van der Waals surface area contributed by atoms with Gasteiger partial charge in [0, 0.05) is 32.3 Å². The van der Waals surface area contributed by atoms with Crippen molar-refractivity contribution in [1.82, 2.24) is 5.32 Å². The van der Waals surface area contributed by atoms with Crippen molar-refractivity contribution in [3.63, 3.8) is 0 Å². The summed E-state index contributed by atoms with van der Waals surface area (Å²) in [4.78, 5) is 36.3. The zero-order valence-corrected chi connectivity index (χ0v) is 28.4. The SMILES string of the molecule is CC(=O)O[C@@H](C)/C=C\C(=O)N[C@@H]1C[C@H](C)[C@H](C/C=C(C)/C=C/[C@H]2O[C@H](CC(=O)CCc3ccc(C)c(F)c3)C[C@@]3(CO3)[C@@H]2O)O[C@@H]1C. The number of ketones is 1. The summed E-state index contributed by atoms with van der Waals surface area (Å²) in [6.07, 6.45) is 9.16. The Morgan fingerprint density at radius 2 is 1.94 bits per heavy atom. The summed E-state index contributed by atoms with van der Waals surface area (Å²) in [5.74, 6) is -0.694. The number of carbonyl (C=O) groups is 3. The van der Waals surface area contributed by atoms with Gasteiger partial charge in [-0.05, 0) is 76.1 Å². The maximum atomic E-state index is 13.9.